The molecular weight excluding hydrogens is 248 g/mol. The number of hydrogen-bond acceptors (Lipinski definition) is 3. The molecule has 0 saturated heterocycles. The molecule has 1 fully saturated rings. The van der Waals surface area contributed by atoms with Crippen LogP contribution in [-0.2, 0) is 9.59 Å². The van der Waals surface area contributed by atoms with Gasteiger partial charge >= 0.3 is 17.8 Å². The summed E-state index contributed by atoms with van der Waals surface area (Å²) in [6.07, 6.45) is 1.78. The van der Waals surface area contributed by atoms with Crippen molar-refractivity contribution in [3.05, 3.63) is 30.3 Å². The summed E-state index contributed by atoms with van der Waals surface area (Å²) in [4.78, 5) is 34.0. The van der Waals surface area contributed by atoms with E-state index >= 15 is 0 Å². The molecule has 1 aromatic rings. The standard InChI is InChI=1S/C12H14N4O3/c17-10(13-9-6-7-9)11(18)15-16-12(19)14-8-4-2-1-3-5-8/h1-5,9H,6-7H2,(H,13,17)(H,15,18)(H2,14,16,19). The SMILES string of the molecule is O=C(NNC(=O)C(=O)NC1CC1)Nc1ccccc1. The number of nitrogens with one attached hydrogen (secondary N) is 4. The third-order valence-electron chi connectivity index (χ3n) is 2.44. The van der Waals surface area contributed by atoms with E-state index in [4.69, 9.17) is 0 Å². The Morgan fingerprint density at radius 2 is 1.63 bits per heavy atom. The normalized spacial score (nSPS) is 13.3. The van der Waals surface area contributed by atoms with Crippen LogP contribution < -0.4 is 21.5 Å². The molecule has 2 rings (SSSR count). The van der Waals surface area contributed by atoms with Gasteiger partial charge in [0.25, 0.3) is 0 Å². The molecule has 1 aliphatic rings. The number of carbonyl (C=O) groups is 3. The van der Waals surface area contributed by atoms with Gasteiger partial charge in [-0.25, -0.2) is 10.2 Å². The predicted molar refractivity (Wildman–Crippen MR) is 67.9 cm³/mol. The molecule has 7 nitrogen and oxygen atoms in total. The van der Waals surface area contributed by atoms with Crippen molar-refractivity contribution in [1.82, 2.24) is 16.2 Å². The molecule has 1 saturated carbocycles. The van der Waals surface area contributed by atoms with Gasteiger partial charge in [0.2, 0.25) is 0 Å². The van der Waals surface area contributed by atoms with Crippen molar-refractivity contribution in [2.24, 2.45) is 0 Å². The Bertz CT molecular complexity index is 485. The van der Waals surface area contributed by atoms with E-state index in [1.807, 2.05) is 11.5 Å². The summed E-state index contributed by atoms with van der Waals surface area (Å²) in [5, 5.41) is 5.00. The van der Waals surface area contributed by atoms with Gasteiger partial charge in [0.05, 0.1) is 0 Å². The van der Waals surface area contributed by atoms with Gasteiger partial charge in [-0.1, -0.05) is 18.2 Å². The molecule has 7 heteroatoms. The van der Waals surface area contributed by atoms with Crippen molar-refractivity contribution >= 4 is 23.5 Å². The smallest absolute Gasteiger partial charge is 0.337 e. The van der Waals surface area contributed by atoms with E-state index in [2.05, 4.69) is 16.1 Å². The van der Waals surface area contributed by atoms with Gasteiger partial charge in [0.1, 0.15) is 0 Å². The summed E-state index contributed by atoms with van der Waals surface area (Å²) >= 11 is 0. The van der Waals surface area contributed by atoms with Gasteiger partial charge in [0, 0.05) is 11.7 Å². The lowest BCUT2D eigenvalue weighted by Crippen LogP contribution is -2.50. The Kier molecular flexibility index (Phi) is 3.97. The first-order chi connectivity index (χ1) is 9.15. The zero-order chi connectivity index (χ0) is 13.7. The van der Waals surface area contributed by atoms with Crippen LogP contribution in [0, 0.1) is 0 Å². The van der Waals surface area contributed by atoms with E-state index < -0.39 is 17.8 Å². The summed E-state index contributed by atoms with van der Waals surface area (Å²) in [6, 6.07) is 8.19. The highest BCUT2D eigenvalue weighted by Gasteiger charge is 2.26. The number of hydrogen-bond donors (Lipinski definition) is 4. The summed E-state index contributed by atoms with van der Waals surface area (Å²) in [7, 11) is 0. The Morgan fingerprint density at radius 3 is 2.26 bits per heavy atom. The first-order valence-electron chi connectivity index (χ1n) is 5.88. The van der Waals surface area contributed by atoms with Gasteiger partial charge in [-0.15, -0.1) is 0 Å². The van der Waals surface area contributed by atoms with Gasteiger partial charge in [0.15, 0.2) is 0 Å². The van der Waals surface area contributed by atoms with Crippen LogP contribution in [0.4, 0.5) is 10.5 Å². The molecule has 0 unspecified atom stereocenters. The zero-order valence-electron chi connectivity index (χ0n) is 10.1. The monoisotopic (exact) mass is 262 g/mol. The molecule has 0 heterocycles. The second-order valence-corrected chi connectivity index (χ2v) is 4.15. The maximum Gasteiger partial charge on any atom is 0.337 e. The molecule has 19 heavy (non-hydrogen) atoms. The van der Waals surface area contributed by atoms with Gasteiger partial charge in [-0.05, 0) is 25.0 Å². The van der Waals surface area contributed by atoms with Gasteiger partial charge in [-0.2, -0.15) is 0 Å². The van der Waals surface area contributed by atoms with Crippen LogP contribution in [0.1, 0.15) is 12.8 Å². The van der Waals surface area contributed by atoms with Crippen LogP contribution in [0.2, 0.25) is 0 Å². The fourth-order valence-corrected chi connectivity index (χ4v) is 1.33. The number of para-hydroxylation sites is 1. The van der Waals surface area contributed by atoms with Crippen molar-refractivity contribution < 1.29 is 14.4 Å². The largest absolute Gasteiger partial charge is 0.345 e. The predicted octanol–water partition coefficient (Wildman–Crippen LogP) is 0.118. The fraction of sp³-hybridized carbons (Fsp3) is 0.250. The Hall–Kier alpha value is -2.57. The molecule has 0 aromatic heterocycles. The van der Waals surface area contributed by atoms with Crippen LogP contribution >= 0.6 is 0 Å². The zero-order valence-corrected chi connectivity index (χ0v) is 10.1. The summed E-state index contributed by atoms with van der Waals surface area (Å²) in [5.41, 5.74) is 4.70. The first kappa shape index (κ1) is 12.9. The van der Waals surface area contributed by atoms with Gasteiger partial charge in [-0.3, -0.25) is 15.0 Å². The van der Waals surface area contributed by atoms with Crippen LogP contribution in [0.25, 0.3) is 0 Å². The van der Waals surface area contributed by atoms with Crippen LogP contribution in [0.15, 0.2) is 30.3 Å². The Labute approximate surface area is 109 Å². The van der Waals surface area contributed by atoms with E-state index in [1.165, 1.54) is 0 Å². The number of benzene rings is 1. The Morgan fingerprint density at radius 1 is 0.947 bits per heavy atom. The highest BCUT2D eigenvalue weighted by molar-refractivity contribution is 6.35. The van der Waals surface area contributed by atoms with Crippen molar-refractivity contribution in [1.29, 1.82) is 0 Å². The topological polar surface area (TPSA) is 99.3 Å². The molecule has 0 bridgehead atoms. The van der Waals surface area contributed by atoms with Crippen LogP contribution in [0.5, 0.6) is 0 Å². The highest BCUT2D eigenvalue weighted by atomic mass is 16.2. The quantitative estimate of drug-likeness (QED) is 0.450. The number of carbonyl (C=O) groups excluding carboxylic acids is 3. The number of rotatable bonds is 2. The number of hydrazine groups is 1. The average molecular weight is 262 g/mol. The maximum absolute atomic E-state index is 11.4. The average Bonchev–Trinajstić information content (AvgIpc) is 3.21. The number of anilines is 1. The van der Waals surface area contributed by atoms with Crippen LogP contribution in [0.3, 0.4) is 0 Å². The second kappa shape index (κ2) is 5.85. The molecule has 0 spiro atoms. The molecule has 100 valence electrons. The lowest BCUT2D eigenvalue weighted by Gasteiger charge is -2.08. The minimum Gasteiger partial charge on any atom is -0.345 e. The van der Waals surface area contributed by atoms with Crippen LogP contribution in [-0.4, -0.2) is 23.9 Å². The van der Waals surface area contributed by atoms with Gasteiger partial charge < -0.3 is 10.6 Å². The molecule has 0 aliphatic heterocycles. The first-order valence-corrected chi connectivity index (χ1v) is 5.88. The molecule has 4 amide bonds. The third kappa shape index (κ3) is 4.30. The lowest BCUT2D eigenvalue weighted by atomic mass is 10.3. The number of urea groups is 1. The van der Waals surface area contributed by atoms with Crippen molar-refractivity contribution in [3.63, 3.8) is 0 Å². The molecule has 4 N–H and O–H groups in total. The molecule has 0 atom stereocenters. The van der Waals surface area contributed by atoms with Crippen molar-refractivity contribution in [2.45, 2.75) is 18.9 Å². The Balaban J connectivity index is 1.70. The lowest BCUT2D eigenvalue weighted by molar-refractivity contribution is -0.139. The second-order valence-electron chi connectivity index (χ2n) is 4.15. The molecule has 1 aromatic carbocycles. The van der Waals surface area contributed by atoms with E-state index in [9.17, 15) is 14.4 Å². The fourth-order valence-electron chi connectivity index (χ4n) is 1.33. The summed E-state index contributed by atoms with van der Waals surface area (Å²) < 4.78 is 0. The minimum absolute atomic E-state index is 0.0939. The third-order valence-corrected chi connectivity index (χ3v) is 2.44. The van der Waals surface area contributed by atoms with E-state index in [0.29, 0.717) is 5.69 Å². The van der Waals surface area contributed by atoms with E-state index in [-0.39, 0.29) is 6.04 Å². The van der Waals surface area contributed by atoms with E-state index in [1.54, 1.807) is 24.3 Å². The minimum atomic E-state index is -0.893. The number of amides is 4. The summed E-state index contributed by atoms with van der Waals surface area (Å²) in [5.74, 6) is -1.64. The summed E-state index contributed by atoms with van der Waals surface area (Å²) in [6.45, 7) is 0. The van der Waals surface area contributed by atoms with Crippen molar-refractivity contribution in [3.8, 4) is 0 Å². The van der Waals surface area contributed by atoms with Crippen molar-refractivity contribution in [2.75, 3.05) is 5.32 Å². The molecular formula is C12H14N4O3. The van der Waals surface area contributed by atoms with E-state index in [0.717, 1.165) is 12.8 Å². The highest BCUT2D eigenvalue weighted by Crippen LogP contribution is 2.18. The molecule has 1 aliphatic carbocycles. The molecule has 0 radical (unpaired) electrons. The maximum atomic E-state index is 11.4.